The van der Waals surface area contributed by atoms with Gasteiger partial charge in [0.25, 0.3) is 0 Å². The van der Waals surface area contributed by atoms with E-state index in [0.29, 0.717) is 23.7 Å². The van der Waals surface area contributed by atoms with Crippen LogP contribution < -0.4 is 9.47 Å². The monoisotopic (exact) mass is 536 g/mol. The van der Waals surface area contributed by atoms with E-state index in [9.17, 15) is 0 Å². The summed E-state index contributed by atoms with van der Waals surface area (Å²) in [6, 6.07) is 9.58. The SMILES string of the molecule is CC(C)c1cc(C(C)(C)c2cc(C(C)C)c(OC(C)C3CO3)c(C(C)C)c2)cc(C(C)C)c1OC(C)C1CO1. The molecule has 0 amide bonds. The summed E-state index contributed by atoms with van der Waals surface area (Å²) in [5, 5.41) is 0. The van der Waals surface area contributed by atoms with Crippen molar-refractivity contribution < 1.29 is 18.9 Å². The maximum atomic E-state index is 6.62. The van der Waals surface area contributed by atoms with Crippen molar-refractivity contribution in [3.63, 3.8) is 0 Å². The van der Waals surface area contributed by atoms with E-state index < -0.39 is 0 Å². The Morgan fingerprint density at radius 2 is 0.821 bits per heavy atom. The van der Waals surface area contributed by atoms with Gasteiger partial charge in [0, 0.05) is 5.41 Å². The lowest BCUT2D eigenvalue weighted by Gasteiger charge is -2.33. The first kappa shape index (κ1) is 29.9. The first-order valence-corrected chi connectivity index (χ1v) is 15.1. The molecule has 2 heterocycles. The lowest BCUT2D eigenvalue weighted by atomic mass is 9.73. The third-order valence-corrected chi connectivity index (χ3v) is 8.60. The second-order valence-corrected chi connectivity index (χ2v) is 13.6. The van der Waals surface area contributed by atoms with Crippen molar-refractivity contribution in [1.29, 1.82) is 0 Å². The van der Waals surface area contributed by atoms with E-state index in [-0.39, 0.29) is 29.8 Å². The molecule has 0 bridgehead atoms. The van der Waals surface area contributed by atoms with Crippen LogP contribution in [0.25, 0.3) is 0 Å². The minimum Gasteiger partial charge on any atom is -0.487 e. The molecule has 2 aromatic rings. The summed E-state index contributed by atoms with van der Waals surface area (Å²) in [5.41, 5.74) is 7.58. The van der Waals surface area contributed by atoms with Crippen LogP contribution in [0.3, 0.4) is 0 Å². The van der Waals surface area contributed by atoms with Gasteiger partial charge in [-0.25, -0.2) is 0 Å². The molecule has 2 aliphatic heterocycles. The van der Waals surface area contributed by atoms with E-state index in [1.54, 1.807) is 0 Å². The van der Waals surface area contributed by atoms with Crippen molar-refractivity contribution in [1.82, 2.24) is 0 Å². The van der Waals surface area contributed by atoms with Crippen LogP contribution in [-0.2, 0) is 14.9 Å². The molecule has 39 heavy (non-hydrogen) atoms. The molecule has 4 rings (SSSR count). The van der Waals surface area contributed by atoms with Gasteiger partial charge in [-0.3, -0.25) is 0 Å². The highest BCUT2D eigenvalue weighted by molar-refractivity contribution is 5.55. The molecular formula is C35H52O4. The van der Waals surface area contributed by atoms with Gasteiger partial charge < -0.3 is 18.9 Å². The predicted octanol–water partition coefficient (Wildman–Crippen LogP) is 8.84. The topological polar surface area (TPSA) is 43.5 Å². The van der Waals surface area contributed by atoms with Gasteiger partial charge in [-0.05, 0) is 70.9 Å². The van der Waals surface area contributed by atoms with Crippen LogP contribution in [0.1, 0.15) is 140 Å². The standard InChI is InChI=1S/C35H52O4/c1-19(2)27-13-25(14-28(20(3)4)33(27)38-23(9)31-17-36-31)35(11,12)26-15-29(21(5)6)34(30(16-26)22(7)8)39-24(10)32-18-37-32/h13-16,19-24,31-32H,17-18H2,1-12H3. The van der Waals surface area contributed by atoms with E-state index in [2.05, 4.69) is 107 Å². The smallest absolute Gasteiger partial charge is 0.126 e. The molecule has 4 unspecified atom stereocenters. The van der Waals surface area contributed by atoms with Crippen LogP contribution in [0.15, 0.2) is 24.3 Å². The molecule has 0 aliphatic carbocycles. The van der Waals surface area contributed by atoms with Crippen LogP contribution in [0.2, 0.25) is 0 Å². The summed E-state index contributed by atoms with van der Waals surface area (Å²) in [5.74, 6) is 3.49. The molecule has 0 aromatic heterocycles. The van der Waals surface area contributed by atoms with E-state index in [4.69, 9.17) is 18.9 Å². The van der Waals surface area contributed by atoms with Crippen LogP contribution in [0, 0.1) is 0 Å². The molecule has 0 saturated carbocycles. The van der Waals surface area contributed by atoms with Crippen LogP contribution in [0.5, 0.6) is 11.5 Å². The number of benzene rings is 2. The molecule has 4 heteroatoms. The van der Waals surface area contributed by atoms with E-state index in [0.717, 1.165) is 24.7 Å². The quantitative estimate of drug-likeness (QED) is 0.254. The second-order valence-electron chi connectivity index (χ2n) is 13.6. The number of epoxide rings is 2. The van der Waals surface area contributed by atoms with Gasteiger partial charge in [0.05, 0.1) is 13.2 Å². The Bertz CT molecular complexity index is 1000. The Morgan fingerprint density at radius 3 is 1.03 bits per heavy atom. The highest BCUT2D eigenvalue weighted by Crippen LogP contribution is 2.45. The lowest BCUT2D eigenvalue weighted by molar-refractivity contribution is 0.172. The Hall–Kier alpha value is -2.04. The molecular weight excluding hydrogens is 484 g/mol. The van der Waals surface area contributed by atoms with E-state index in [1.807, 2.05) is 0 Å². The minimum atomic E-state index is -0.200. The van der Waals surface area contributed by atoms with Gasteiger partial charge in [-0.15, -0.1) is 0 Å². The zero-order valence-corrected chi connectivity index (χ0v) is 26.5. The number of ether oxygens (including phenoxy) is 4. The van der Waals surface area contributed by atoms with Crippen molar-refractivity contribution in [2.75, 3.05) is 13.2 Å². The molecule has 0 radical (unpaired) electrons. The average Bonchev–Trinajstić information content (AvgIpc) is 3.76. The Kier molecular flexibility index (Phi) is 8.79. The third-order valence-electron chi connectivity index (χ3n) is 8.60. The van der Waals surface area contributed by atoms with Gasteiger partial charge in [-0.2, -0.15) is 0 Å². The number of rotatable bonds is 12. The highest BCUT2D eigenvalue weighted by atomic mass is 16.6. The maximum absolute atomic E-state index is 6.62. The summed E-state index contributed by atoms with van der Waals surface area (Å²) in [7, 11) is 0. The van der Waals surface area contributed by atoms with Gasteiger partial charge in [0.15, 0.2) is 0 Å². The largest absolute Gasteiger partial charge is 0.487 e. The van der Waals surface area contributed by atoms with Crippen molar-refractivity contribution in [3.05, 3.63) is 57.6 Å². The Balaban J connectivity index is 1.84. The second kappa shape index (κ2) is 11.4. The average molecular weight is 537 g/mol. The fourth-order valence-electron chi connectivity index (χ4n) is 5.40. The van der Waals surface area contributed by atoms with Gasteiger partial charge in [-0.1, -0.05) is 93.5 Å². The first-order valence-electron chi connectivity index (χ1n) is 15.1. The minimum absolute atomic E-state index is 0.0528. The van der Waals surface area contributed by atoms with Crippen molar-refractivity contribution >= 4 is 0 Å². The third kappa shape index (κ3) is 6.49. The maximum Gasteiger partial charge on any atom is 0.126 e. The molecule has 4 atom stereocenters. The number of hydrogen-bond acceptors (Lipinski definition) is 4. The summed E-state index contributed by atoms with van der Waals surface area (Å²) in [6.07, 6.45) is 0.522. The first-order chi connectivity index (χ1) is 18.2. The molecule has 4 nitrogen and oxygen atoms in total. The van der Waals surface area contributed by atoms with Crippen LogP contribution in [-0.4, -0.2) is 37.6 Å². The number of hydrogen-bond donors (Lipinski definition) is 0. The van der Waals surface area contributed by atoms with Gasteiger partial charge in [0.1, 0.15) is 35.9 Å². The van der Waals surface area contributed by atoms with Gasteiger partial charge >= 0.3 is 0 Å². The molecule has 0 N–H and O–H groups in total. The molecule has 2 saturated heterocycles. The fourth-order valence-corrected chi connectivity index (χ4v) is 5.40. The van der Waals surface area contributed by atoms with Crippen molar-refractivity contribution in [2.45, 2.75) is 137 Å². The van der Waals surface area contributed by atoms with E-state index >= 15 is 0 Å². The lowest BCUT2D eigenvalue weighted by Crippen LogP contribution is -2.24. The van der Waals surface area contributed by atoms with Crippen molar-refractivity contribution in [3.8, 4) is 11.5 Å². The molecule has 2 aromatic carbocycles. The van der Waals surface area contributed by atoms with Gasteiger partial charge in [0.2, 0.25) is 0 Å². The van der Waals surface area contributed by atoms with E-state index in [1.165, 1.54) is 33.4 Å². The molecule has 0 spiro atoms. The highest BCUT2D eigenvalue weighted by Gasteiger charge is 2.35. The summed E-state index contributed by atoms with van der Waals surface area (Å²) < 4.78 is 24.3. The fraction of sp³-hybridized carbons (Fsp3) is 0.657. The van der Waals surface area contributed by atoms with Crippen LogP contribution >= 0.6 is 0 Å². The summed E-state index contributed by atoms with van der Waals surface area (Å²) in [6.45, 7) is 28.7. The zero-order chi connectivity index (χ0) is 28.8. The summed E-state index contributed by atoms with van der Waals surface area (Å²) in [4.78, 5) is 0. The predicted molar refractivity (Wildman–Crippen MR) is 161 cm³/mol. The summed E-state index contributed by atoms with van der Waals surface area (Å²) >= 11 is 0. The normalized spacial score (nSPS) is 20.6. The molecule has 2 aliphatic rings. The Labute approximate surface area is 237 Å². The van der Waals surface area contributed by atoms with Crippen LogP contribution in [0.4, 0.5) is 0 Å². The van der Waals surface area contributed by atoms with Crippen molar-refractivity contribution in [2.24, 2.45) is 0 Å². The molecule has 2 fully saturated rings. The molecule has 216 valence electrons. The Morgan fingerprint density at radius 1 is 0.564 bits per heavy atom. The zero-order valence-electron chi connectivity index (χ0n) is 26.5.